The summed E-state index contributed by atoms with van der Waals surface area (Å²) in [7, 11) is -3.87. The van der Waals surface area contributed by atoms with E-state index in [2.05, 4.69) is 16.6 Å². The summed E-state index contributed by atoms with van der Waals surface area (Å²) in [4.78, 5) is 15.4. The van der Waals surface area contributed by atoms with Gasteiger partial charge in [0, 0.05) is 5.75 Å². The minimum atomic E-state index is -3.87. The highest BCUT2D eigenvalue weighted by atomic mass is 32.2. The number of aromatic nitrogens is 1. The first-order chi connectivity index (χ1) is 11.8. The van der Waals surface area contributed by atoms with Gasteiger partial charge in [0.25, 0.3) is 0 Å². The van der Waals surface area contributed by atoms with E-state index in [0.717, 1.165) is 26.7 Å². The lowest BCUT2D eigenvalue weighted by Crippen LogP contribution is -2.38. The number of thioether (sulfide) groups is 1. The largest absolute Gasteiger partial charge is 0.480 e. The van der Waals surface area contributed by atoms with Crippen LogP contribution in [-0.2, 0) is 14.8 Å². The van der Waals surface area contributed by atoms with E-state index >= 15 is 0 Å². The van der Waals surface area contributed by atoms with Crippen molar-refractivity contribution in [1.82, 2.24) is 9.71 Å². The minimum absolute atomic E-state index is 0.0521. The van der Waals surface area contributed by atoms with Crippen molar-refractivity contribution in [3.05, 3.63) is 18.2 Å². The van der Waals surface area contributed by atoms with Gasteiger partial charge in [-0.2, -0.15) is 4.72 Å². The zero-order valence-electron chi connectivity index (χ0n) is 14.2. The molecule has 1 heterocycles. The van der Waals surface area contributed by atoms with E-state index in [-0.39, 0.29) is 4.90 Å². The number of fused-ring (bicyclic) bond motifs is 1. The Kier molecular flexibility index (Phi) is 7.24. The van der Waals surface area contributed by atoms with Gasteiger partial charge >= 0.3 is 5.97 Å². The lowest BCUT2D eigenvalue weighted by atomic mass is 10.2. The lowest BCUT2D eigenvalue weighted by Gasteiger charge is -2.09. The Balaban J connectivity index is 2.10. The van der Waals surface area contributed by atoms with Crippen LogP contribution in [0.4, 0.5) is 0 Å². The van der Waals surface area contributed by atoms with Crippen LogP contribution in [0.15, 0.2) is 27.4 Å². The zero-order valence-corrected chi connectivity index (χ0v) is 16.6. The van der Waals surface area contributed by atoms with Gasteiger partial charge in [-0.05, 0) is 31.5 Å². The van der Waals surface area contributed by atoms with E-state index in [1.165, 1.54) is 43.6 Å². The van der Waals surface area contributed by atoms with E-state index in [0.29, 0.717) is 0 Å². The Morgan fingerprint density at radius 2 is 2.12 bits per heavy atom. The standard InChI is InChI=1S/C16H22N2O4S3/c1-3-4-5-6-9-23-16-17-13-8-7-12(10-14(13)24-16)25(21,22)18-11(2)15(19)20/h7-8,10-11,18H,3-6,9H2,1-2H3,(H,19,20). The van der Waals surface area contributed by atoms with Crippen molar-refractivity contribution in [3.63, 3.8) is 0 Å². The maximum absolute atomic E-state index is 12.3. The van der Waals surface area contributed by atoms with Crippen molar-refractivity contribution < 1.29 is 18.3 Å². The first kappa shape index (κ1) is 20.2. The van der Waals surface area contributed by atoms with Gasteiger partial charge in [0.05, 0.1) is 15.1 Å². The van der Waals surface area contributed by atoms with Crippen LogP contribution in [0.1, 0.15) is 39.5 Å². The smallest absolute Gasteiger partial charge is 0.321 e. The van der Waals surface area contributed by atoms with Crippen molar-refractivity contribution in [2.45, 2.75) is 54.8 Å². The number of thiazole rings is 1. The normalized spacial score (nSPS) is 13.2. The maximum atomic E-state index is 12.3. The van der Waals surface area contributed by atoms with Gasteiger partial charge in [-0.25, -0.2) is 13.4 Å². The third-order valence-corrected chi connectivity index (χ3v) is 7.36. The summed E-state index contributed by atoms with van der Waals surface area (Å²) in [6.45, 7) is 3.47. The molecule has 1 unspecified atom stereocenters. The molecule has 9 heteroatoms. The van der Waals surface area contributed by atoms with Gasteiger partial charge in [0.1, 0.15) is 6.04 Å². The maximum Gasteiger partial charge on any atom is 0.321 e. The molecule has 0 aliphatic heterocycles. The van der Waals surface area contributed by atoms with Gasteiger partial charge in [0.2, 0.25) is 10.0 Å². The molecule has 2 aromatic rings. The van der Waals surface area contributed by atoms with Gasteiger partial charge in [0.15, 0.2) is 4.34 Å². The predicted octanol–water partition coefficient (Wildman–Crippen LogP) is 3.72. The second-order valence-corrected chi connectivity index (χ2v) is 9.79. The summed E-state index contributed by atoms with van der Waals surface area (Å²) in [6.07, 6.45) is 4.80. The molecule has 0 fully saturated rings. The summed E-state index contributed by atoms with van der Waals surface area (Å²) in [5.41, 5.74) is 0.756. The fourth-order valence-electron chi connectivity index (χ4n) is 2.15. The molecule has 0 aliphatic rings. The number of nitrogens with one attached hydrogen (secondary N) is 1. The van der Waals surface area contributed by atoms with Crippen molar-refractivity contribution in [2.75, 3.05) is 5.75 Å². The first-order valence-electron chi connectivity index (χ1n) is 8.12. The van der Waals surface area contributed by atoms with Gasteiger partial charge in [-0.1, -0.05) is 37.9 Å². The number of hydrogen-bond donors (Lipinski definition) is 2. The Morgan fingerprint density at radius 3 is 2.80 bits per heavy atom. The average Bonchev–Trinajstić information content (AvgIpc) is 2.96. The molecular formula is C16H22N2O4S3. The predicted molar refractivity (Wildman–Crippen MR) is 102 cm³/mol. The molecule has 0 saturated carbocycles. The van der Waals surface area contributed by atoms with Crippen LogP contribution in [0.25, 0.3) is 10.2 Å². The van der Waals surface area contributed by atoms with Gasteiger partial charge in [-0.15, -0.1) is 11.3 Å². The molecule has 2 N–H and O–H groups in total. The third kappa shape index (κ3) is 5.67. The molecule has 1 aromatic heterocycles. The average molecular weight is 403 g/mol. The number of rotatable bonds is 10. The topological polar surface area (TPSA) is 96.4 Å². The van der Waals surface area contributed by atoms with E-state index in [9.17, 15) is 13.2 Å². The highest BCUT2D eigenvalue weighted by Gasteiger charge is 2.22. The molecule has 1 aromatic carbocycles. The minimum Gasteiger partial charge on any atom is -0.480 e. The Morgan fingerprint density at radius 1 is 1.36 bits per heavy atom. The molecule has 0 radical (unpaired) electrons. The fraction of sp³-hybridized carbons (Fsp3) is 0.500. The lowest BCUT2D eigenvalue weighted by molar-refractivity contribution is -0.138. The highest BCUT2D eigenvalue weighted by Crippen LogP contribution is 2.31. The van der Waals surface area contributed by atoms with Crippen LogP contribution in [0, 0.1) is 0 Å². The number of benzene rings is 1. The second-order valence-electron chi connectivity index (χ2n) is 5.70. The van der Waals surface area contributed by atoms with E-state index < -0.39 is 22.0 Å². The Labute approximate surface area is 156 Å². The first-order valence-corrected chi connectivity index (χ1v) is 11.4. The number of nitrogens with zero attached hydrogens (tertiary/aromatic N) is 1. The number of aliphatic carboxylic acids is 1. The summed E-state index contributed by atoms with van der Waals surface area (Å²) in [6, 6.07) is 3.48. The molecule has 1 atom stereocenters. The van der Waals surface area contributed by atoms with Crippen molar-refractivity contribution in [3.8, 4) is 0 Å². The Hall–Kier alpha value is -1.16. The van der Waals surface area contributed by atoms with Gasteiger partial charge < -0.3 is 5.11 Å². The molecule has 2 rings (SSSR count). The number of carbonyl (C=O) groups is 1. The quantitative estimate of drug-likeness (QED) is 0.464. The van der Waals surface area contributed by atoms with Crippen LogP contribution < -0.4 is 4.72 Å². The van der Waals surface area contributed by atoms with Crippen molar-refractivity contribution >= 4 is 49.3 Å². The number of sulfonamides is 1. The number of hydrogen-bond acceptors (Lipinski definition) is 6. The molecule has 0 spiro atoms. The Bertz CT molecular complexity index is 833. The molecule has 0 saturated heterocycles. The molecule has 0 aliphatic carbocycles. The van der Waals surface area contributed by atoms with Gasteiger partial charge in [-0.3, -0.25) is 4.79 Å². The number of carboxylic acid groups (broad SMARTS) is 1. The zero-order chi connectivity index (χ0) is 18.4. The number of unbranched alkanes of at least 4 members (excludes halogenated alkanes) is 3. The molecular weight excluding hydrogens is 380 g/mol. The second kappa shape index (κ2) is 8.98. The van der Waals surface area contributed by atoms with Crippen molar-refractivity contribution in [2.24, 2.45) is 0 Å². The molecule has 6 nitrogen and oxygen atoms in total. The summed E-state index contributed by atoms with van der Waals surface area (Å²) in [5.74, 6) is -0.216. The highest BCUT2D eigenvalue weighted by molar-refractivity contribution is 8.01. The summed E-state index contributed by atoms with van der Waals surface area (Å²) >= 11 is 3.15. The molecule has 25 heavy (non-hydrogen) atoms. The summed E-state index contributed by atoms with van der Waals surface area (Å²) in [5, 5.41) is 8.87. The molecule has 0 amide bonds. The van der Waals surface area contributed by atoms with Crippen molar-refractivity contribution in [1.29, 1.82) is 0 Å². The van der Waals surface area contributed by atoms with Crippen LogP contribution in [0.3, 0.4) is 0 Å². The molecule has 0 bridgehead atoms. The van der Waals surface area contributed by atoms with E-state index in [1.807, 2.05) is 0 Å². The SMILES string of the molecule is CCCCCCSc1nc2ccc(S(=O)(=O)NC(C)C(=O)O)cc2s1. The summed E-state index contributed by atoms with van der Waals surface area (Å²) < 4.78 is 28.4. The third-order valence-electron chi connectivity index (χ3n) is 3.58. The fourth-order valence-corrected chi connectivity index (χ4v) is 5.63. The monoisotopic (exact) mass is 402 g/mol. The van der Waals surface area contributed by atoms with Crippen LogP contribution in [0.5, 0.6) is 0 Å². The van der Waals surface area contributed by atoms with Crippen LogP contribution in [0.2, 0.25) is 0 Å². The van der Waals surface area contributed by atoms with Crippen LogP contribution in [-0.4, -0.2) is 36.3 Å². The van der Waals surface area contributed by atoms with E-state index in [1.54, 1.807) is 23.9 Å². The molecule has 138 valence electrons. The van der Waals surface area contributed by atoms with Crippen LogP contribution >= 0.6 is 23.1 Å². The van der Waals surface area contributed by atoms with E-state index in [4.69, 9.17) is 5.11 Å². The number of carboxylic acids is 1.